The number of nitrogens with one attached hydrogen (secondary N) is 1. The number of rotatable bonds is 3. The topological polar surface area (TPSA) is 46.9 Å². The Bertz CT molecular complexity index is 763. The quantitative estimate of drug-likeness (QED) is 0.757. The first-order valence-electron chi connectivity index (χ1n) is 6.31. The van der Waals surface area contributed by atoms with Crippen LogP contribution in [0, 0.1) is 6.92 Å². The first-order chi connectivity index (χ1) is 10.1. The van der Waals surface area contributed by atoms with Crippen molar-refractivity contribution in [3.05, 3.63) is 63.8 Å². The summed E-state index contributed by atoms with van der Waals surface area (Å²) in [6, 6.07) is 11.3. The summed E-state index contributed by atoms with van der Waals surface area (Å²) in [6.45, 7) is 1.85. The van der Waals surface area contributed by atoms with Crippen LogP contribution < -0.4 is 5.32 Å². The molecule has 3 rings (SSSR count). The Balaban J connectivity index is 1.83. The molecule has 21 heavy (non-hydrogen) atoms. The van der Waals surface area contributed by atoms with E-state index in [1.165, 1.54) is 11.3 Å². The van der Waals surface area contributed by atoms with Gasteiger partial charge in [-0.25, -0.2) is 4.98 Å². The molecular formula is C15H12BrN3OS. The van der Waals surface area contributed by atoms with Crippen LogP contribution in [0.25, 0.3) is 5.13 Å². The lowest BCUT2D eigenvalue weighted by Crippen LogP contribution is -2.11. The van der Waals surface area contributed by atoms with Crippen molar-refractivity contribution in [3.8, 4) is 5.13 Å². The molecule has 2 aromatic heterocycles. The highest BCUT2D eigenvalue weighted by atomic mass is 79.9. The summed E-state index contributed by atoms with van der Waals surface area (Å²) in [5.41, 5.74) is 1.50. The average molecular weight is 362 g/mol. The van der Waals surface area contributed by atoms with Crippen LogP contribution in [0.2, 0.25) is 0 Å². The molecule has 1 aromatic carbocycles. The zero-order valence-corrected chi connectivity index (χ0v) is 13.6. The lowest BCUT2D eigenvalue weighted by Gasteiger charge is -2.03. The monoisotopic (exact) mass is 361 g/mol. The van der Waals surface area contributed by atoms with E-state index in [0.717, 1.165) is 21.0 Å². The fraction of sp³-hybridized carbons (Fsp3) is 0.0667. The number of hydrogen-bond acceptors (Lipinski definition) is 3. The molecule has 0 aliphatic carbocycles. The molecule has 0 aliphatic heterocycles. The van der Waals surface area contributed by atoms with Crippen molar-refractivity contribution in [2.45, 2.75) is 6.92 Å². The van der Waals surface area contributed by atoms with Gasteiger partial charge in [-0.2, -0.15) is 0 Å². The van der Waals surface area contributed by atoms with Crippen molar-refractivity contribution in [2.75, 3.05) is 5.32 Å². The van der Waals surface area contributed by atoms with Crippen LogP contribution >= 0.6 is 27.3 Å². The third-order valence-corrected chi connectivity index (χ3v) is 4.62. The smallest absolute Gasteiger partial charge is 0.267 e. The van der Waals surface area contributed by atoms with E-state index in [-0.39, 0.29) is 5.91 Å². The van der Waals surface area contributed by atoms with E-state index in [4.69, 9.17) is 0 Å². The summed E-state index contributed by atoms with van der Waals surface area (Å²) in [5.74, 6) is -0.134. The molecule has 1 N–H and O–H groups in total. The number of aryl methyl sites for hydroxylation is 1. The van der Waals surface area contributed by atoms with E-state index in [0.29, 0.717) is 4.88 Å². The molecule has 0 radical (unpaired) electrons. The molecule has 2 heterocycles. The van der Waals surface area contributed by atoms with Gasteiger partial charge in [-0.15, -0.1) is 0 Å². The Hall–Kier alpha value is -1.92. The Morgan fingerprint density at radius 2 is 1.90 bits per heavy atom. The average Bonchev–Trinajstić information content (AvgIpc) is 3.10. The number of benzene rings is 1. The minimum Gasteiger partial charge on any atom is -0.321 e. The summed E-state index contributed by atoms with van der Waals surface area (Å²) < 4.78 is 2.87. The van der Waals surface area contributed by atoms with Crippen molar-refractivity contribution in [1.82, 2.24) is 9.55 Å². The molecule has 0 fully saturated rings. The van der Waals surface area contributed by atoms with Gasteiger partial charge in [0.2, 0.25) is 0 Å². The number of hydrogen-bond donors (Lipinski definition) is 1. The summed E-state index contributed by atoms with van der Waals surface area (Å²) in [5, 5.41) is 3.68. The minimum atomic E-state index is -0.134. The highest BCUT2D eigenvalue weighted by molar-refractivity contribution is 9.10. The number of halogens is 1. The molecule has 0 spiro atoms. The third kappa shape index (κ3) is 3.06. The molecular weight excluding hydrogens is 350 g/mol. The fourth-order valence-corrected chi connectivity index (χ4v) is 3.08. The molecule has 3 aromatic rings. The van der Waals surface area contributed by atoms with Gasteiger partial charge in [0.1, 0.15) is 4.88 Å². The van der Waals surface area contributed by atoms with E-state index >= 15 is 0 Å². The van der Waals surface area contributed by atoms with Crippen LogP contribution in [0.3, 0.4) is 0 Å². The fourth-order valence-electron chi connectivity index (χ4n) is 1.89. The Labute approximate surface area is 134 Å². The Morgan fingerprint density at radius 1 is 1.24 bits per heavy atom. The number of carbonyl (C=O) groups is 1. The molecule has 4 nitrogen and oxygen atoms in total. The van der Waals surface area contributed by atoms with Crippen LogP contribution in [0.5, 0.6) is 0 Å². The first kappa shape index (κ1) is 14.0. The summed E-state index contributed by atoms with van der Waals surface area (Å²) in [7, 11) is 0. The zero-order valence-electron chi connectivity index (χ0n) is 11.2. The maximum Gasteiger partial charge on any atom is 0.267 e. The van der Waals surface area contributed by atoms with Gasteiger partial charge >= 0.3 is 0 Å². The summed E-state index contributed by atoms with van der Waals surface area (Å²) in [6.07, 6.45) is 3.82. The van der Waals surface area contributed by atoms with E-state index < -0.39 is 0 Å². The standard InChI is InChI=1S/C15H12BrN3OS/c1-10-13(21-15(17-10)19-8-2-3-9-19)14(20)18-12-6-4-11(16)5-7-12/h2-9H,1H3,(H,18,20). The number of anilines is 1. The molecule has 0 unspecified atom stereocenters. The van der Waals surface area contributed by atoms with Crippen LogP contribution in [-0.4, -0.2) is 15.5 Å². The SMILES string of the molecule is Cc1nc(-n2cccc2)sc1C(=O)Nc1ccc(Br)cc1. The van der Waals surface area contributed by atoms with E-state index in [1.54, 1.807) is 0 Å². The van der Waals surface area contributed by atoms with Gasteiger partial charge in [-0.05, 0) is 43.3 Å². The predicted molar refractivity (Wildman–Crippen MR) is 88.3 cm³/mol. The molecule has 0 saturated heterocycles. The van der Waals surface area contributed by atoms with Crippen molar-refractivity contribution >= 4 is 38.9 Å². The minimum absolute atomic E-state index is 0.134. The van der Waals surface area contributed by atoms with Crippen LogP contribution in [0.15, 0.2) is 53.3 Å². The molecule has 0 aliphatic rings. The van der Waals surface area contributed by atoms with Gasteiger partial charge in [0.25, 0.3) is 5.91 Å². The second-order valence-electron chi connectivity index (χ2n) is 4.46. The molecule has 0 bridgehead atoms. The lowest BCUT2D eigenvalue weighted by molar-refractivity contribution is 0.103. The van der Waals surface area contributed by atoms with E-state index in [1.807, 2.05) is 60.3 Å². The molecule has 6 heteroatoms. The third-order valence-electron chi connectivity index (χ3n) is 2.92. The van der Waals surface area contributed by atoms with E-state index in [9.17, 15) is 4.79 Å². The zero-order chi connectivity index (χ0) is 14.8. The van der Waals surface area contributed by atoms with Crippen molar-refractivity contribution < 1.29 is 4.79 Å². The molecule has 1 amide bonds. The van der Waals surface area contributed by atoms with Crippen molar-refractivity contribution in [1.29, 1.82) is 0 Å². The first-order valence-corrected chi connectivity index (χ1v) is 7.92. The number of thiazole rings is 1. The predicted octanol–water partition coefficient (Wildman–Crippen LogP) is 4.26. The number of nitrogens with zero attached hydrogens (tertiary/aromatic N) is 2. The van der Waals surface area contributed by atoms with Gasteiger partial charge in [0.15, 0.2) is 5.13 Å². The van der Waals surface area contributed by atoms with Gasteiger partial charge in [-0.3, -0.25) is 4.79 Å². The molecule has 0 saturated carbocycles. The molecule has 0 atom stereocenters. The normalized spacial score (nSPS) is 10.6. The number of carbonyl (C=O) groups excluding carboxylic acids is 1. The van der Waals surface area contributed by atoms with Gasteiger partial charge in [-0.1, -0.05) is 27.3 Å². The molecule has 106 valence electrons. The summed E-state index contributed by atoms with van der Waals surface area (Å²) >= 11 is 4.75. The van der Waals surface area contributed by atoms with Crippen LogP contribution in [0.4, 0.5) is 5.69 Å². The van der Waals surface area contributed by atoms with Gasteiger partial charge < -0.3 is 9.88 Å². The van der Waals surface area contributed by atoms with Crippen LogP contribution in [-0.2, 0) is 0 Å². The van der Waals surface area contributed by atoms with E-state index in [2.05, 4.69) is 26.2 Å². The Morgan fingerprint density at radius 3 is 2.57 bits per heavy atom. The van der Waals surface area contributed by atoms with Gasteiger partial charge in [0.05, 0.1) is 5.69 Å². The maximum atomic E-state index is 12.3. The maximum absolute atomic E-state index is 12.3. The largest absolute Gasteiger partial charge is 0.321 e. The second kappa shape index (κ2) is 5.83. The highest BCUT2D eigenvalue weighted by Gasteiger charge is 2.16. The number of amides is 1. The summed E-state index contributed by atoms with van der Waals surface area (Å²) in [4.78, 5) is 17.4. The highest BCUT2D eigenvalue weighted by Crippen LogP contribution is 2.23. The lowest BCUT2D eigenvalue weighted by atomic mass is 10.3. The second-order valence-corrected chi connectivity index (χ2v) is 6.36. The Kier molecular flexibility index (Phi) is 3.90. The van der Waals surface area contributed by atoms with Crippen molar-refractivity contribution in [2.24, 2.45) is 0 Å². The van der Waals surface area contributed by atoms with Gasteiger partial charge in [0, 0.05) is 22.6 Å². The number of aromatic nitrogens is 2. The van der Waals surface area contributed by atoms with Crippen molar-refractivity contribution in [3.63, 3.8) is 0 Å². The van der Waals surface area contributed by atoms with Crippen LogP contribution in [0.1, 0.15) is 15.4 Å².